The number of fused-ring (bicyclic) bond motifs is 1. The molecule has 1 aliphatic heterocycles. The first-order valence-electron chi connectivity index (χ1n) is 7.55. The van der Waals surface area contributed by atoms with Crippen LogP contribution in [0.3, 0.4) is 0 Å². The van der Waals surface area contributed by atoms with Gasteiger partial charge in [-0.05, 0) is 25.5 Å². The molecule has 0 aromatic heterocycles. The van der Waals surface area contributed by atoms with Gasteiger partial charge in [-0.1, -0.05) is 12.1 Å². The number of rotatable bonds is 8. The molecular weight excluding hydrogens is 318 g/mol. The van der Waals surface area contributed by atoms with Crippen molar-refractivity contribution in [2.75, 3.05) is 26.3 Å². The van der Waals surface area contributed by atoms with Crippen LogP contribution in [-0.2, 0) is 19.6 Å². The third kappa shape index (κ3) is 4.77. The second-order valence-corrected chi connectivity index (χ2v) is 6.63. The first-order chi connectivity index (χ1) is 11.0. The fourth-order valence-electron chi connectivity index (χ4n) is 2.16. The van der Waals surface area contributed by atoms with Crippen LogP contribution in [0.2, 0.25) is 0 Å². The maximum absolute atomic E-state index is 11.9. The van der Waals surface area contributed by atoms with Crippen molar-refractivity contribution in [1.82, 2.24) is 10.0 Å². The highest BCUT2D eigenvalue weighted by Crippen LogP contribution is 2.21. The largest absolute Gasteiger partial charge is 0.382 e. The number of hydrogen-bond donors (Lipinski definition) is 2. The van der Waals surface area contributed by atoms with Gasteiger partial charge in [0, 0.05) is 31.7 Å². The molecule has 23 heavy (non-hydrogen) atoms. The first-order valence-corrected chi connectivity index (χ1v) is 9.04. The lowest BCUT2D eigenvalue weighted by Gasteiger charge is -2.04. The lowest BCUT2D eigenvalue weighted by atomic mass is 10.2. The Morgan fingerprint density at radius 2 is 2.13 bits per heavy atom. The van der Waals surface area contributed by atoms with E-state index in [1.165, 1.54) is 6.07 Å². The van der Waals surface area contributed by atoms with E-state index in [1.807, 2.05) is 6.92 Å². The quantitative estimate of drug-likeness (QED) is 0.680. The molecule has 7 nitrogen and oxygen atoms in total. The maximum atomic E-state index is 11.9. The van der Waals surface area contributed by atoms with E-state index in [1.54, 1.807) is 18.2 Å². The molecule has 0 saturated heterocycles. The van der Waals surface area contributed by atoms with Gasteiger partial charge in [-0.2, -0.15) is 0 Å². The zero-order valence-corrected chi connectivity index (χ0v) is 13.9. The van der Waals surface area contributed by atoms with Gasteiger partial charge in [-0.25, -0.2) is 8.42 Å². The Labute approximate surface area is 136 Å². The number of carbonyl (C=O) groups is 1. The molecule has 2 rings (SSSR count). The van der Waals surface area contributed by atoms with Gasteiger partial charge in [0.15, 0.2) is 0 Å². The Morgan fingerprint density at radius 3 is 2.91 bits per heavy atom. The molecule has 0 aliphatic carbocycles. The van der Waals surface area contributed by atoms with Gasteiger partial charge in [0.25, 0.3) is 10.0 Å². The van der Waals surface area contributed by atoms with Crippen molar-refractivity contribution in [3.05, 3.63) is 29.8 Å². The lowest BCUT2D eigenvalue weighted by molar-refractivity contribution is -0.120. The number of amides is 1. The van der Waals surface area contributed by atoms with E-state index in [4.69, 9.17) is 4.74 Å². The van der Waals surface area contributed by atoms with E-state index in [0.29, 0.717) is 31.2 Å². The van der Waals surface area contributed by atoms with Crippen molar-refractivity contribution in [1.29, 1.82) is 0 Å². The van der Waals surface area contributed by atoms with Gasteiger partial charge in [0.05, 0.1) is 11.4 Å². The van der Waals surface area contributed by atoms with Gasteiger partial charge in [-0.3, -0.25) is 14.5 Å². The van der Waals surface area contributed by atoms with Crippen LogP contribution < -0.4 is 10.0 Å². The average Bonchev–Trinajstić information content (AvgIpc) is 2.79. The number of ether oxygens (including phenoxy) is 1. The van der Waals surface area contributed by atoms with E-state index >= 15 is 0 Å². The number of aliphatic imine (C=N–C) groups is 1. The number of carbonyl (C=O) groups excluding carboxylic acids is 1. The van der Waals surface area contributed by atoms with E-state index in [9.17, 15) is 13.2 Å². The molecule has 1 aromatic carbocycles. The van der Waals surface area contributed by atoms with Crippen molar-refractivity contribution in [2.24, 2.45) is 4.99 Å². The van der Waals surface area contributed by atoms with Gasteiger partial charge in [0.1, 0.15) is 5.84 Å². The van der Waals surface area contributed by atoms with Crippen LogP contribution in [-0.4, -0.2) is 46.5 Å². The van der Waals surface area contributed by atoms with Crippen molar-refractivity contribution in [3.8, 4) is 0 Å². The van der Waals surface area contributed by atoms with Crippen LogP contribution in [0.15, 0.2) is 34.2 Å². The first kappa shape index (κ1) is 17.4. The molecule has 1 heterocycles. The summed E-state index contributed by atoms with van der Waals surface area (Å²) >= 11 is 0. The lowest BCUT2D eigenvalue weighted by Crippen LogP contribution is -2.26. The maximum Gasteiger partial charge on any atom is 0.263 e. The predicted octanol–water partition coefficient (Wildman–Crippen LogP) is 0.658. The summed E-state index contributed by atoms with van der Waals surface area (Å²) in [7, 11) is -3.52. The topological polar surface area (TPSA) is 96.9 Å². The minimum Gasteiger partial charge on any atom is -0.382 e. The van der Waals surface area contributed by atoms with E-state index in [0.717, 1.165) is 6.42 Å². The normalized spacial score (nSPS) is 16.8. The number of amidine groups is 1. The summed E-state index contributed by atoms with van der Waals surface area (Å²) in [4.78, 5) is 16.1. The molecular formula is C15H21N3O4S. The number of nitrogens with zero attached hydrogens (tertiary/aromatic N) is 1. The summed E-state index contributed by atoms with van der Waals surface area (Å²) in [5.74, 6) is 0.185. The molecule has 1 aliphatic rings. The van der Waals surface area contributed by atoms with Crippen LogP contribution in [0.1, 0.15) is 25.3 Å². The van der Waals surface area contributed by atoms with Gasteiger partial charge in [0.2, 0.25) is 5.91 Å². The molecule has 126 valence electrons. The second kappa shape index (κ2) is 8.07. The van der Waals surface area contributed by atoms with Crippen LogP contribution in [0.25, 0.3) is 0 Å². The van der Waals surface area contributed by atoms with Crippen LogP contribution in [0.5, 0.6) is 0 Å². The molecule has 0 bridgehead atoms. The molecule has 1 aromatic rings. The highest BCUT2D eigenvalue weighted by Gasteiger charge is 2.29. The minimum absolute atomic E-state index is 0.111. The summed E-state index contributed by atoms with van der Waals surface area (Å²) in [6, 6.07) is 6.64. The Bertz CT molecular complexity index is 686. The molecule has 0 atom stereocenters. The van der Waals surface area contributed by atoms with Crippen LogP contribution in [0, 0.1) is 0 Å². The number of benzene rings is 1. The van der Waals surface area contributed by atoms with E-state index < -0.39 is 10.0 Å². The molecule has 0 saturated carbocycles. The molecule has 0 unspecified atom stereocenters. The standard InChI is InChI=1S/C15H21N3O4S/c1-2-22-11-5-9-16-14(19)8-10-17-15-12-6-3-4-7-13(12)23(20,21)18-15/h3-4,6-7H,2,5,8-11H2,1H3,(H,16,19)(H,17,18). The van der Waals surface area contributed by atoms with Crippen molar-refractivity contribution < 1.29 is 17.9 Å². The average molecular weight is 339 g/mol. The molecule has 0 spiro atoms. The third-order valence-corrected chi connectivity index (χ3v) is 4.66. The molecule has 8 heteroatoms. The van der Waals surface area contributed by atoms with Crippen LogP contribution >= 0.6 is 0 Å². The monoisotopic (exact) mass is 339 g/mol. The van der Waals surface area contributed by atoms with Crippen molar-refractivity contribution >= 4 is 21.8 Å². The van der Waals surface area contributed by atoms with Gasteiger partial charge < -0.3 is 10.1 Å². The van der Waals surface area contributed by atoms with Crippen molar-refractivity contribution in [2.45, 2.75) is 24.7 Å². The summed E-state index contributed by atoms with van der Waals surface area (Å²) in [6.45, 7) is 4.00. The second-order valence-electron chi connectivity index (χ2n) is 4.98. The Hall–Kier alpha value is -1.93. The smallest absolute Gasteiger partial charge is 0.263 e. The number of hydrogen-bond acceptors (Lipinski definition) is 5. The number of nitrogens with one attached hydrogen (secondary N) is 2. The number of sulfonamides is 1. The predicted molar refractivity (Wildman–Crippen MR) is 86.9 cm³/mol. The molecule has 0 radical (unpaired) electrons. The molecule has 1 amide bonds. The zero-order chi connectivity index (χ0) is 16.7. The van der Waals surface area contributed by atoms with Gasteiger partial charge in [-0.15, -0.1) is 0 Å². The highest BCUT2D eigenvalue weighted by atomic mass is 32.2. The Morgan fingerprint density at radius 1 is 1.35 bits per heavy atom. The Kier molecular flexibility index (Phi) is 6.12. The fraction of sp³-hybridized carbons (Fsp3) is 0.467. The van der Waals surface area contributed by atoms with Gasteiger partial charge >= 0.3 is 0 Å². The summed E-state index contributed by atoms with van der Waals surface area (Å²) in [5, 5.41) is 2.78. The van der Waals surface area contributed by atoms with E-state index in [2.05, 4.69) is 15.0 Å². The minimum atomic E-state index is -3.52. The Balaban J connectivity index is 1.82. The summed E-state index contributed by atoms with van der Waals surface area (Å²) in [5.41, 5.74) is 0.546. The van der Waals surface area contributed by atoms with Crippen LogP contribution in [0.4, 0.5) is 0 Å². The fourth-order valence-corrected chi connectivity index (χ4v) is 3.41. The molecule has 0 fully saturated rings. The SMILES string of the molecule is CCOCCCNC(=O)CCN=C1NS(=O)(=O)c2ccccc21. The van der Waals surface area contributed by atoms with E-state index in [-0.39, 0.29) is 23.8 Å². The highest BCUT2D eigenvalue weighted by molar-refractivity contribution is 7.90. The molecule has 2 N–H and O–H groups in total. The van der Waals surface area contributed by atoms with Crippen molar-refractivity contribution in [3.63, 3.8) is 0 Å². The zero-order valence-electron chi connectivity index (χ0n) is 13.0. The summed E-state index contributed by atoms with van der Waals surface area (Å²) in [6.07, 6.45) is 0.975. The summed E-state index contributed by atoms with van der Waals surface area (Å²) < 4.78 is 31.4. The third-order valence-electron chi connectivity index (χ3n) is 3.26.